The molecule has 0 aliphatic carbocycles. The number of fused-ring (bicyclic) bond motifs is 1. The number of hydrogen-bond donors (Lipinski definition) is 2. The van der Waals surface area contributed by atoms with Gasteiger partial charge in [-0.2, -0.15) is 0 Å². The zero-order chi connectivity index (χ0) is 19.8. The summed E-state index contributed by atoms with van der Waals surface area (Å²) in [6.45, 7) is 1.26. The lowest BCUT2D eigenvalue weighted by Gasteiger charge is -2.42. The molecule has 1 aliphatic heterocycles. The van der Waals surface area contributed by atoms with E-state index in [9.17, 15) is 19.8 Å². The highest BCUT2D eigenvalue weighted by molar-refractivity contribution is 6.34. The van der Waals surface area contributed by atoms with Crippen LogP contribution in [0.25, 0.3) is 0 Å². The number of nitrogens with zero attached hydrogens (tertiary/aromatic N) is 1. The zero-order valence-electron chi connectivity index (χ0n) is 14.7. The standard InChI is InChI=1S/C19H18ClNO6/c1-11(22)18(24)21(2)27-19(25)16-8-5-14(20)9-13(16)10-26-17(19)12-3-6-15(23)7-4-12/h3-9,17,23,25H,10H2,1-2H3. The van der Waals surface area contributed by atoms with Crippen LogP contribution in [0.2, 0.25) is 5.02 Å². The molecule has 27 heavy (non-hydrogen) atoms. The van der Waals surface area contributed by atoms with E-state index in [-0.39, 0.29) is 12.4 Å². The lowest BCUT2D eigenvalue weighted by Crippen LogP contribution is -2.48. The summed E-state index contributed by atoms with van der Waals surface area (Å²) >= 11 is 6.02. The van der Waals surface area contributed by atoms with Gasteiger partial charge in [-0.3, -0.25) is 9.59 Å². The second-order valence-corrected chi connectivity index (χ2v) is 6.67. The van der Waals surface area contributed by atoms with Gasteiger partial charge in [-0.1, -0.05) is 29.8 Å². The fourth-order valence-electron chi connectivity index (χ4n) is 3.00. The molecule has 3 rings (SSSR count). The van der Waals surface area contributed by atoms with Crippen molar-refractivity contribution in [2.24, 2.45) is 0 Å². The maximum atomic E-state index is 12.0. The monoisotopic (exact) mass is 391 g/mol. The van der Waals surface area contributed by atoms with Gasteiger partial charge in [0.1, 0.15) is 11.9 Å². The van der Waals surface area contributed by atoms with Gasteiger partial charge in [-0.15, -0.1) is 0 Å². The Kier molecular flexibility index (Phi) is 5.21. The Balaban J connectivity index is 2.07. The predicted molar refractivity (Wildman–Crippen MR) is 95.5 cm³/mol. The molecule has 0 fully saturated rings. The predicted octanol–water partition coefficient (Wildman–Crippen LogP) is 2.44. The topological polar surface area (TPSA) is 96.3 Å². The summed E-state index contributed by atoms with van der Waals surface area (Å²) in [5.74, 6) is -3.71. The number of ether oxygens (including phenoxy) is 1. The lowest BCUT2D eigenvalue weighted by molar-refractivity contribution is -0.364. The van der Waals surface area contributed by atoms with Gasteiger partial charge >= 0.3 is 5.91 Å². The molecule has 7 nitrogen and oxygen atoms in total. The van der Waals surface area contributed by atoms with E-state index in [0.717, 1.165) is 6.92 Å². The third kappa shape index (κ3) is 3.68. The van der Waals surface area contributed by atoms with Crippen molar-refractivity contribution in [1.29, 1.82) is 0 Å². The average Bonchev–Trinajstić information content (AvgIpc) is 2.62. The second-order valence-electron chi connectivity index (χ2n) is 6.23. The Bertz CT molecular complexity index is 884. The number of amides is 1. The Morgan fingerprint density at radius 1 is 1.26 bits per heavy atom. The van der Waals surface area contributed by atoms with Crippen LogP contribution in [0.4, 0.5) is 0 Å². The van der Waals surface area contributed by atoms with E-state index >= 15 is 0 Å². The maximum absolute atomic E-state index is 12.0. The van der Waals surface area contributed by atoms with Crippen molar-refractivity contribution < 1.29 is 29.4 Å². The van der Waals surface area contributed by atoms with Crippen LogP contribution in [0.5, 0.6) is 5.75 Å². The molecule has 0 saturated heterocycles. The van der Waals surface area contributed by atoms with Gasteiger partial charge in [0.2, 0.25) is 11.6 Å². The zero-order valence-corrected chi connectivity index (χ0v) is 15.4. The first-order valence-corrected chi connectivity index (χ1v) is 8.49. The molecule has 8 heteroatoms. The van der Waals surface area contributed by atoms with Crippen molar-refractivity contribution in [3.63, 3.8) is 0 Å². The Labute approximate surface area is 160 Å². The van der Waals surface area contributed by atoms with E-state index in [1.807, 2.05) is 0 Å². The molecule has 0 aromatic heterocycles. The first-order valence-electron chi connectivity index (χ1n) is 8.12. The summed E-state index contributed by atoms with van der Waals surface area (Å²) in [7, 11) is 1.24. The number of phenols is 1. The van der Waals surface area contributed by atoms with Crippen LogP contribution in [-0.2, 0) is 31.6 Å². The molecule has 142 valence electrons. The lowest BCUT2D eigenvalue weighted by atomic mass is 9.89. The number of ketones is 1. The molecule has 1 heterocycles. The van der Waals surface area contributed by atoms with E-state index < -0.39 is 23.6 Å². The number of phenolic OH excluding ortho intramolecular Hbond substituents is 1. The van der Waals surface area contributed by atoms with Gasteiger partial charge in [-0.25, -0.2) is 9.90 Å². The number of rotatable bonds is 4. The number of hydroxylamine groups is 2. The van der Waals surface area contributed by atoms with Gasteiger partial charge in [0.25, 0.3) is 0 Å². The molecule has 2 atom stereocenters. The number of likely N-dealkylation sites (N-methyl/N-ethyl adjacent to an activating group) is 1. The third-order valence-corrected chi connectivity index (χ3v) is 4.51. The van der Waals surface area contributed by atoms with Crippen molar-refractivity contribution >= 4 is 23.3 Å². The van der Waals surface area contributed by atoms with E-state index in [2.05, 4.69) is 0 Å². The van der Waals surface area contributed by atoms with Crippen molar-refractivity contribution in [2.45, 2.75) is 25.4 Å². The first kappa shape index (κ1) is 19.3. The molecule has 1 amide bonds. The van der Waals surface area contributed by atoms with Crippen molar-refractivity contribution in [3.05, 3.63) is 64.2 Å². The highest BCUT2D eigenvalue weighted by Gasteiger charge is 2.48. The second kappa shape index (κ2) is 7.28. The normalized spacial score (nSPS) is 21.4. The minimum absolute atomic E-state index is 0.0510. The van der Waals surface area contributed by atoms with Gasteiger partial charge in [0.05, 0.1) is 6.61 Å². The van der Waals surface area contributed by atoms with Crippen LogP contribution in [0.15, 0.2) is 42.5 Å². The number of hydrogen-bond acceptors (Lipinski definition) is 6. The van der Waals surface area contributed by atoms with Crippen LogP contribution < -0.4 is 0 Å². The first-order chi connectivity index (χ1) is 12.7. The fraction of sp³-hybridized carbons (Fsp3) is 0.263. The number of halogens is 1. The smallest absolute Gasteiger partial charge is 0.313 e. The number of carbonyl (C=O) groups excluding carboxylic acids is 2. The van der Waals surface area contributed by atoms with Crippen molar-refractivity contribution in [3.8, 4) is 5.75 Å². The summed E-state index contributed by atoms with van der Waals surface area (Å²) in [6.07, 6.45) is -1.02. The Morgan fingerprint density at radius 2 is 1.93 bits per heavy atom. The number of benzene rings is 2. The summed E-state index contributed by atoms with van der Waals surface area (Å²) in [6, 6.07) is 10.8. The molecular weight excluding hydrogens is 374 g/mol. The van der Waals surface area contributed by atoms with Gasteiger partial charge < -0.3 is 14.9 Å². The summed E-state index contributed by atoms with van der Waals surface area (Å²) in [4.78, 5) is 28.9. The highest BCUT2D eigenvalue weighted by Crippen LogP contribution is 2.46. The molecule has 2 aromatic carbocycles. The molecule has 0 spiro atoms. The quantitative estimate of drug-likeness (QED) is 0.472. The summed E-state index contributed by atoms with van der Waals surface area (Å²) in [5, 5.41) is 22.1. The van der Waals surface area contributed by atoms with E-state index in [0.29, 0.717) is 26.8 Å². The van der Waals surface area contributed by atoms with Crippen molar-refractivity contribution in [2.75, 3.05) is 7.05 Å². The van der Waals surface area contributed by atoms with Crippen LogP contribution >= 0.6 is 11.6 Å². The average molecular weight is 392 g/mol. The molecule has 2 aromatic rings. The molecule has 0 bridgehead atoms. The molecule has 0 saturated carbocycles. The van der Waals surface area contributed by atoms with Crippen LogP contribution in [-0.4, -0.2) is 34.0 Å². The largest absolute Gasteiger partial charge is 0.508 e. The molecule has 2 unspecified atom stereocenters. The van der Waals surface area contributed by atoms with E-state index in [1.165, 1.54) is 19.2 Å². The van der Waals surface area contributed by atoms with E-state index in [1.54, 1.807) is 30.3 Å². The third-order valence-electron chi connectivity index (χ3n) is 4.27. The van der Waals surface area contributed by atoms with Crippen LogP contribution in [0.3, 0.4) is 0 Å². The maximum Gasteiger partial charge on any atom is 0.313 e. The minimum Gasteiger partial charge on any atom is -0.508 e. The van der Waals surface area contributed by atoms with Gasteiger partial charge in [0, 0.05) is 24.6 Å². The van der Waals surface area contributed by atoms with Crippen LogP contribution in [0, 0.1) is 0 Å². The number of aromatic hydroxyl groups is 1. The SMILES string of the molecule is CC(=O)C(=O)N(C)OC1(O)c2ccc(Cl)cc2COC1c1ccc(O)cc1. The van der Waals surface area contributed by atoms with Gasteiger partial charge in [0.15, 0.2) is 0 Å². The van der Waals surface area contributed by atoms with Crippen LogP contribution in [0.1, 0.15) is 29.7 Å². The number of aliphatic hydroxyl groups is 1. The minimum atomic E-state index is -2.10. The molecule has 0 radical (unpaired) electrons. The summed E-state index contributed by atoms with van der Waals surface area (Å²) < 4.78 is 5.80. The number of Topliss-reactive ketones (excluding diaryl/α,β-unsaturated/α-hetero) is 1. The molecule has 2 N–H and O–H groups in total. The van der Waals surface area contributed by atoms with Crippen molar-refractivity contribution in [1.82, 2.24) is 5.06 Å². The van der Waals surface area contributed by atoms with Gasteiger partial charge in [-0.05, 0) is 35.4 Å². The number of carbonyl (C=O) groups is 2. The highest BCUT2D eigenvalue weighted by atomic mass is 35.5. The fourth-order valence-corrected chi connectivity index (χ4v) is 3.19. The summed E-state index contributed by atoms with van der Waals surface area (Å²) in [5.41, 5.74) is 1.46. The van der Waals surface area contributed by atoms with E-state index in [4.69, 9.17) is 21.2 Å². The Hall–Kier alpha value is -2.45. The molecule has 1 aliphatic rings. The molecular formula is C19H18ClNO6. The Morgan fingerprint density at radius 3 is 2.56 bits per heavy atom.